The number of fused-ring (bicyclic) bond motifs is 2. The molecule has 6 aromatic heterocycles. The molecule has 0 spiro atoms. The number of aliphatic carboxylic acids is 1. The Morgan fingerprint density at radius 1 is 0.682 bits per heavy atom. The van der Waals surface area contributed by atoms with E-state index in [0.717, 1.165) is 84.8 Å². The number of carboxylic acids is 1. The van der Waals surface area contributed by atoms with Gasteiger partial charge in [-0.3, -0.25) is 4.79 Å². The highest BCUT2D eigenvalue weighted by Gasteiger charge is 2.56. The van der Waals surface area contributed by atoms with E-state index in [1.54, 1.807) is 69.2 Å². The lowest BCUT2D eigenvalue weighted by Crippen LogP contribution is -2.70. The number of pyridine rings is 4. The molecular formula is C63H83ClN12O9. The van der Waals surface area contributed by atoms with Crippen molar-refractivity contribution in [2.24, 2.45) is 29.4 Å². The summed E-state index contributed by atoms with van der Waals surface area (Å²) in [5.74, 6) is 2.59. The summed E-state index contributed by atoms with van der Waals surface area (Å²) in [5.41, 5.74) is 10.1. The first-order valence-corrected chi connectivity index (χ1v) is 28.9. The fourth-order valence-electron chi connectivity index (χ4n) is 14.0. The molecule has 8 aliphatic rings. The van der Waals surface area contributed by atoms with Crippen molar-refractivity contribution in [3.8, 4) is 45.9 Å². The Labute approximate surface area is 503 Å². The largest absolute Gasteiger partial charge is 0.489 e. The second-order valence-electron chi connectivity index (χ2n) is 26.3. The summed E-state index contributed by atoms with van der Waals surface area (Å²) >= 11 is 0. The Bertz CT molecular complexity index is 3420. The normalized spacial score (nSPS) is 25.0. The molecule has 4 saturated heterocycles. The number of halogens is 1. The molecular weight excluding hydrogens is 1100 g/mol. The van der Waals surface area contributed by atoms with Gasteiger partial charge < -0.3 is 55.9 Å². The summed E-state index contributed by atoms with van der Waals surface area (Å²) in [6, 6.07) is 17.9. The SMILES string of the molecule is C.CC(C)(O)COc1cc(-c2ccc(N3C4CC5CC3CC(N)(C5)C4)nc2)c2c(C#N)cnn2c1.CC(C)C(O)C(=O)NC12CC3CC(C1)N(c1ccc(-c4cc(OCC(C)(C)O)cn5ncc(C#N)c45)cn1)C(C3)C2.CC(C)C(O)C(=O)O.Cl. The molecule has 6 atom stereocenters. The van der Waals surface area contributed by atoms with Gasteiger partial charge in [-0.15, -0.1) is 12.4 Å². The Hall–Kier alpha value is -7.11. The molecule has 85 heavy (non-hydrogen) atoms. The van der Waals surface area contributed by atoms with E-state index in [-0.39, 0.29) is 74.0 Å². The van der Waals surface area contributed by atoms with Crippen LogP contribution in [-0.4, -0.2) is 138 Å². The van der Waals surface area contributed by atoms with Crippen LogP contribution >= 0.6 is 12.4 Å². The Morgan fingerprint density at radius 3 is 1.44 bits per heavy atom. The molecule has 8 bridgehead atoms. The van der Waals surface area contributed by atoms with Crippen LogP contribution in [0.4, 0.5) is 11.6 Å². The minimum Gasteiger partial charge on any atom is -0.489 e. The van der Waals surface area contributed by atoms with E-state index < -0.39 is 29.4 Å². The average molecular weight is 1190 g/mol. The predicted molar refractivity (Wildman–Crippen MR) is 324 cm³/mol. The van der Waals surface area contributed by atoms with Crippen LogP contribution in [0.1, 0.15) is 138 Å². The number of aliphatic hydroxyl groups excluding tert-OH is 2. The van der Waals surface area contributed by atoms with Gasteiger partial charge in [0.15, 0.2) is 6.10 Å². The standard InChI is InChI=1S/C31H38N6O4.C26H30N6O2.C5H10O3.CH4.ClH/c1-18(2)28(38)29(39)35-31-10-19-7-22(11-31)37(23(8-19)12-31)26-6-5-20(14-33-26)25-9-24(41-17-30(3,4)40)16-36-27(25)21(13-32)15-34-36;1-25(2,33)15-34-21-7-22(24-18(11-27)13-30-31(24)14-21)17-3-4-23(29-12-17)32-19-5-16-6-20(32)10-26(28,8-16)9-19;1-3(2)4(6)5(7)8;;/h5-6,9,14-16,18-19,22-23,28,38,40H,7-8,10-12,17H2,1-4H3,(H,35,39);3-4,7,12-14,16,19-20,33H,5-6,8-10,15,28H2,1-2H3;3-4,6H,1-2H3,(H,7,8);1H4;1H. The Balaban J connectivity index is 0.000000194. The maximum absolute atomic E-state index is 12.8. The van der Waals surface area contributed by atoms with Crippen LogP contribution in [-0.2, 0) is 9.59 Å². The lowest BCUT2D eigenvalue weighted by atomic mass is 9.59. The van der Waals surface area contributed by atoms with E-state index in [4.69, 9.17) is 35.4 Å². The molecule has 8 fully saturated rings. The number of rotatable bonds is 15. The van der Waals surface area contributed by atoms with E-state index in [1.165, 1.54) is 25.5 Å². The van der Waals surface area contributed by atoms with Crippen LogP contribution in [0, 0.1) is 46.3 Å². The van der Waals surface area contributed by atoms with Crippen LogP contribution in [0.2, 0.25) is 0 Å². The number of carbonyl (C=O) groups excluding carboxylic acids is 1. The molecule has 0 aromatic carbocycles. The van der Waals surface area contributed by atoms with Gasteiger partial charge in [0.05, 0.1) is 58.1 Å². The van der Waals surface area contributed by atoms with Crippen LogP contribution in [0.3, 0.4) is 0 Å². The number of hydrogen-bond acceptors (Lipinski definition) is 17. The molecule has 6 unspecified atom stereocenters. The van der Waals surface area contributed by atoms with Crippen molar-refractivity contribution in [2.75, 3.05) is 23.0 Å². The number of ether oxygens (including phenoxy) is 2. The highest BCUT2D eigenvalue weighted by Crippen LogP contribution is 2.53. The third-order valence-electron chi connectivity index (χ3n) is 17.3. The zero-order chi connectivity index (χ0) is 59.5. The summed E-state index contributed by atoms with van der Waals surface area (Å²) in [6.45, 7) is 14.0. The fourth-order valence-corrected chi connectivity index (χ4v) is 14.0. The minimum atomic E-state index is -1.21. The highest BCUT2D eigenvalue weighted by atomic mass is 35.5. The number of carbonyl (C=O) groups is 2. The number of anilines is 2. The van der Waals surface area contributed by atoms with Crippen molar-refractivity contribution >= 4 is 47.0 Å². The van der Waals surface area contributed by atoms with Gasteiger partial charge in [0, 0.05) is 69.9 Å². The number of aromatic nitrogens is 6. The van der Waals surface area contributed by atoms with Gasteiger partial charge in [-0.25, -0.2) is 23.8 Å². The van der Waals surface area contributed by atoms with Crippen molar-refractivity contribution in [3.63, 3.8) is 0 Å². The topological polar surface area (TPSA) is 306 Å². The third kappa shape index (κ3) is 13.6. The maximum atomic E-state index is 12.8. The van der Waals surface area contributed by atoms with E-state index in [2.05, 4.69) is 49.6 Å². The molecule has 14 rings (SSSR count). The van der Waals surface area contributed by atoms with E-state index in [9.17, 15) is 35.4 Å². The number of nitrogens with two attached hydrogens (primary N) is 1. The van der Waals surface area contributed by atoms with Crippen molar-refractivity contribution in [3.05, 3.63) is 84.7 Å². The van der Waals surface area contributed by atoms with Crippen molar-refractivity contribution < 1.29 is 44.6 Å². The molecule has 456 valence electrons. The summed E-state index contributed by atoms with van der Waals surface area (Å²) in [6.07, 6.45) is 18.6. The molecule has 0 radical (unpaired) electrons. The number of nitrogens with zero attached hydrogens (tertiary/aromatic N) is 10. The molecule has 6 aromatic rings. The minimum absolute atomic E-state index is 0. The monoisotopic (exact) mass is 1190 g/mol. The summed E-state index contributed by atoms with van der Waals surface area (Å²) in [4.78, 5) is 37.4. The second-order valence-corrected chi connectivity index (χ2v) is 26.3. The van der Waals surface area contributed by atoms with Gasteiger partial charge in [-0.1, -0.05) is 35.1 Å². The summed E-state index contributed by atoms with van der Waals surface area (Å²) in [5, 5.41) is 78.5. The summed E-state index contributed by atoms with van der Waals surface area (Å²) < 4.78 is 15.0. The van der Waals surface area contributed by atoms with Crippen molar-refractivity contribution in [2.45, 2.75) is 186 Å². The lowest BCUT2D eigenvalue weighted by Gasteiger charge is -2.62. The van der Waals surface area contributed by atoms with Crippen LogP contribution in [0.15, 0.2) is 73.6 Å². The third-order valence-corrected chi connectivity index (χ3v) is 17.3. The molecule has 1 amide bonds. The number of carboxylic acid groups (broad SMARTS) is 1. The highest BCUT2D eigenvalue weighted by molar-refractivity contribution is 5.87. The van der Waals surface area contributed by atoms with Crippen LogP contribution < -0.4 is 30.3 Å². The molecule has 4 aliphatic carbocycles. The van der Waals surface area contributed by atoms with Gasteiger partial charge >= 0.3 is 5.97 Å². The summed E-state index contributed by atoms with van der Waals surface area (Å²) in [7, 11) is 0. The Kier molecular flexibility index (Phi) is 18.6. The quantitative estimate of drug-likeness (QED) is 0.0515. The number of amides is 1. The smallest absolute Gasteiger partial charge is 0.332 e. The first kappa shape index (κ1) is 63.9. The maximum Gasteiger partial charge on any atom is 0.332 e. The molecule has 22 heteroatoms. The first-order chi connectivity index (χ1) is 39.2. The van der Waals surface area contributed by atoms with Crippen molar-refractivity contribution in [1.82, 2.24) is 34.5 Å². The number of piperidine rings is 4. The molecule has 4 saturated carbocycles. The molecule has 8 N–H and O–H groups in total. The fraction of sp³-hybridized carbons (Fsp3) is 0.556. The molecule has 10 heterocycles. The van der Waals surface area contributed by atoms with Gasteiger partial charge in [0.2, 0.25) is 5.91 Å². The number of nitrogens with one attached hydrogen (secondary N) is 1. The van der Waals surface area contributed by atoms with Gasteiger partial charge in [-0.05, 0) is 152 Å². The van der Waals surface area contributed by atoms with Crippen LogP contribution in [0.25, 0.3) is 33.3 Å². The van der Waals surface area contributed by atoms with E-state index in [1.807, 2.05) is 50.5 Å². The van der Waals surface area contributed by atoms with Gasteiger partial charge in [-0.2, -0.15) is 20.7 Å². The number of hydrogen-bond donors (Lipinski definition) is 7. The average Bonchev–Trinajstić information content (AvgIpc) is 1.49. The zero-order valence-corrected chi connectivity index (χ0v) is 49.8. The molecule has 4 aliphatic heterocycles. The van der Waals surface area contributed by atoms with E-state index >= 15 is 0 Å². The second kappa shape index (κ2) is 24.7. The van der Waals surface area contributed by atoms with Crippen LogP contribution in [0.5, 0.6) is 11.5 Å². The predicted octanol–water partition coefficient (Wildman–Crippen LogP) is 7.85. The first-order valence-electron chi connectivity index (χ1n) is 28.9. The zero-order valence-electron chi connectivity index (χ0n) is 49.0. The lowest BCUT2D eigenvalue weighted by molar-refractivity contribution is -0.148. The Morgan fingerprint density at radius 2 is 1.09 bits per heavy atom. The van der Waals surface area contributed by atoms with E-state index in [0.29, 0.717) is 51.7 Å². The molecule has 21 nitrogen and oxygen atoms in total. The van der Waals surface area contributed by atoms with Gasteiger partial charge in [0.1, 0.15) is 54.6 Å². The number of aliphatic hydroxyl groups is 4. The van der Waals surface area contributed by atoms with Gasteiger partial charge in [0.25, 0.3) is 0 Å². The van der Waals surface area contributed by atoms with Crippen molar-refractivity contribution in [1.29, 1.82) is 10.5 Å². The number of nitriles is 2.